The van der Waals surface area contributed by atoms with E-state index in [-0.39, 0.29) is 11.9 Å². The zero-order chi connectivity index (χ0) is 13.9. The van der Waals surface area contributed by atoms with E-state index in [1.165, 1.54) is 0 Å². The number of para-hydroxylation sites is 1. The summed E-state index contributed by atoms with van der Waals surface area (Å²) in [6.07, 6.45) is 1.74. The number of hydrogen-bond donors (Lipinski definition) is 2. The second kappa shape index (κ2) is 5.21. The highest BCUT2D eigenvalue weighted by molar-refractivity contribution is 6.01. The van der Waals surface area contributed by atoms with Crippen LogP contribution in [0, 0.1) is 0 Å². The first-order valence-corrected chi connectivity index (χ1v) is 6.63. The van der Waals surface area contributed by atoms with Crippen LogP contribution in [-0.4, -0.2) is 16.3 Å². The lowest BCUT2D eigenvalue weighted by Gasteiger charge is -2.05. The lowest BCUT2D eigenvalue weighted by Crippen LogP contribution is -1.90. The van der Waals surface area contributed by atoms with E-state index in [1.54, 1.807) is 6.21 Å². The molecule has 1 heterocycles. The van der Waals surface area contributed by atoms with E-state index in [0.717, 1.165) is 22.0 Å². The highest BCUT2D eigenvalue weighted by atomic mass is 16.3. The lowest BCUT2D eigenvalue weighted by atomic mass is 10.1. The van der Waals surface area contributed by atoms with Crippen molar-refractivity contribution in [2.24, 2.45) is 4.99 Å². The van der Waals surface area contributed by atoms with E-state index in [4.69, 9.17) is 0 Å². The fourth-order valence-corrected chi connectivity index (χ4v) is 2.28. The van der Waals surface area contributed by atoms with Gasteiger partial charge in [-0.05, 0) is 18.6 Å². The highest BCUT2D eigenvalue weighted by Crippen LogP contribution is 2.26. The predicted molar refractivity (Wildman–Crippen MR) is 82.4 cm³/mol. The topological polar surface area (TPSA) is 48.4 Å². The maximum absolute atomic E-state index is 9.97. The molecule has 1 aromatic heterocycles. The smallest absolute Gasteiger partial charge is 0.198 e. The SMILES string of the molecule is C[C@H](N=Cc1c(O)[nH]c2ccccc12)c1ccccc1. The molecular weight excluding hydrogens is 248 g/mol. The first-order chi connectivity index (χ1) is 9.75. The van der Waals surface area contributed by atoms with Gasteiger partial charge in [0.25, 0.3) is 0 Å². The Labute approximate surface area is 117 Å². The monoisotopic (exact) mass is 264 g/mol. The van der Waals surface area contributed by atoms with Crippen molar-refractivity contribution in [3.8, 4) is 5.88 Å². The molecule has 3 nitrogen and oxygen atoms in total. The van der Waals surface area contributed by atoms with Crippen molar-refractivity contribution in [3.05, 3.63) is 65.7 Å². The molecule has 0 saturated heterocycles. The Hall–Kier alpha value is -2.55. The molecule has 20 heavy (non-hydrogen) atoms. The van der Waals surface area contributed by atoms with E-state index < -0.39 is 0 Å². The fourth-order valence-electron chi connectivity index (χ4n) is 2.28. The molecule has 3 aromatic rings. The van der Waals surface area contributed by atoms with Gasteiger partial charge in [0.2, 0.25) is 0 Å². The Balaban J connectivity index is 1.93. The summed E-state index contributed by atoms with van der Waals surface area (Å²) in [4.78, 5) is 7.50. The molecule has 0 spiro atoms. The number of rotatable bonds is 3. The number of fused-ring (bicyclic) bond motifs is 1. The largest absolute Gasteiger partial charge is 0.494 e. The Kier molecular flexibility index (Phi) is 3.25. The molecule has 0 aliphatic carbocycles. The van der Waals surface area contributed by atoms with Gasteiger partial charge >= 0.3 is 0 Å². The van der Waals surface area contributed by atoms with E-state index >= 15 is 0 Å². The summed E-state index contributed by atoms with van der Waals surface area (Å²) in [6.45, 7) is 2.04. The van der Waals surface area contributed by atoms with E-state index in [1.807, 2.05) is 49.4 Å². The normalized spacial score (nSPS) is 13.1. The minimum Gasteiger partial charge on any atom is -0.494 e. The number of nitrogens with one attached hydrogen (secondary N) is 1. The number of aromatic nitrogens is 1. The number of H-pyrrole nitrogens is 1. The molecule has 0 aliphatic rings. The van der Waals surface area contributed by atoms with E-state index in [2.05, 4.69) is 22.1 Å². The molecule has 0 bridgehead atoms. The van der Waals surface area contributed by atoms with Gasteiger partial charge in [0.05, 0.1) is 11.6 Å². The van der Waals surface area contributed by atoms with Crippen LogP contribution in [0.2, 0.25) is 0 Å². The van der Waals surface area contributed by atoms with Crippen LogP contribution < -0.4 is 0 Å². The molecule has 100 valence electrons. The summed E-state index contributed by atoms with van der Waals surface area (Å²) in [5.74, 6) is 0.162. The van der Waals surface area contributed by atoms with Crippen molar-refractivity contribution in [1.82, 2.24) is 4.98 Å². The van der Waals surface area contributed by atoms with Crippen molar-refractivity contribution in [1.29, 1.82) is 0 Å². The van der Waals surface area contributed by atoms with Crippen LogP contribution in [0.4, 0.5) is 0 Å². The van der Waals surface area contributed by atoms with Gasteiger partial charge in [-0.15, -0.1) is 0 Å². The van der Waals surface area contributed by atoms with Crippen LogP contribution in [0.15, 0.2) is 59.6 Å². The van der Waals surface area contributed by atoms with Crippen LogP contribution in [0.5, 0.6) is 5.88 Å². The van der Waals surface area contributed by atoms with Crippen molar-refractivity contribution in [3.63, 3.8) is 0 Å². The zero-order valence-electron chi connectivity index (χ0n) is 11.2. The molecule has 0 fully saturated rings. The summed E-state index contributed by atoms with van der Waals surface area (Å²) in [5, 5.41) is 11.0. The van der Waals surface area contributed by atoms with E-state index in [0.29, 0.717) is 0 Å². The number of benzene rings is 2. The summed E-state index contributed by atoms with van der Waals surface area (Å²) < 4.78 is 0. The van der Waals surface area contributed by atoms with Crippen LogP contribution >= 0.6 is 0 Å². The third-order valence-electron chi connectivity index (χ3n) is 3.43. The van der Waals surface area contributed by atoms with Crippen molar-refractivity contribution in [2.75, 3.05) is 0 Å². The molecular formula is C17H16N2O. The Bertz CT molecular complexity index is 744. The van der Waals surface area contributed by atoms with E-state index in [9.17, 15) is 5.11 Å². The Morgan fingerprint density at radius 2 is 1.75 bits per heavy atom. The zero-order valence-corrected chi connectivity index (χ0v) is 11.2. The van der Waals surface area contributed by atoms with Gasteiger partial charge < -0.3 is 10.1 Å². The number of hydrogen-bond acceptors (Lipinski definition) is 2. The van der Waals surface area contributed by atoms with Gasteiger partial charge in [0.15, 0.2) is 5.88 Å². The van der Waals surface area contributed by atoms with Crippen molar-refractivity contribution in [2.45, 2.75) is 13.0 Å². The molecule has 3 rings (SSSR count). The number of aliphatic imine (C=N–C) groups is 1. The number of aromatic hydroxyl groups is 1. The van der Waals surface area contributed by atoms with Crippen LogP contribution in [-0.2, 0) is 0 Å². The predicted octanol–water partition coefficient (Wildman–Crippen LogP) is 4.05. The second-order valence-corrected chi connectivity index (χ2v) is 4.80. The second-order valence-electron chi connectivity index (χ2n) is 4.80. The number of aromatic amines is 1. The van der Waals surface area contributed by atoms with Gasteiger partial charge in [-0.3, -0.25) is 4.99 Å². The maximum Gasteiger partial charge on any atom is 0.198 e. The van der Waals surface area contributed by atoms with Crippen molar-refractivity contribution >= 4 is 17.1 Å². The first-order valence-electron chi connectivity index (χ1n) is 6.63. The molecule has 2 N–H and O–H groups in total. The van der Waals surface area contributed by atoms with Gasteiger partial charge in [-0.1, -0.05) is 48.5 Å². The molecule has 2 aromatic carbocycles. The average molecular weight is 264 g/mol. The highest BCUT2D eigenvalue weighted by Gasteiger charge is 2.08. The van der Waals surface area contributed by atoms with Crippen molar-refractivity contribution < 1.29 is 5.11 Å². The molecule has 0 unspecified atom stereocenters. The summed E-state index contributed by atoms with van der Waals surface area (Å²) in [7, 11) is 0. The fraction of sp³-hybridized carbons (Fsp3) is 0.118. The molecule has 1 atom stereocenters. The van der Waals surface area contributed by atoms with Gasteiger partial charge in [-0.25, -0.2) is 0 Å². The quantitative estimate of drug-likeness (QED) is 0.689. The van der Waals surface area contributed by atoms with Crippen LogP contribution in [0.25, 0.3) is 10.9 Å². The Morgan fingerprint density at radius 3 is 2.55 bits per heavy atom. The third-order valence-corrected chi connectivity index (χ3v) is 3.43. The maximum atomic E-state index is 9.97. The molecule has 0 radical (unpaired) electrons. The molecule has 0 aliphatic heterocycles. The summed E-state index contributed by atoms with van der Waals surface area (Å²) in [5.41, 5.74) is 2.81. The third kappa shape index (κ3) is 2.30. The molecule has 3 heteroatoms. The van der Waals surface area contributed by atoms with Gasteiger partial charge in [0.1, 0.15) is 0 Å². The first kappa shape index (κ1) is 12.5. The molecule has 0 saturated carbocycles. The van der Waals surface area contributed by atoms with Gasteiger partial charge in [-0.2, -0.15) is 0 Å². The molecule has 0 amide bonds. The standard InChI is InChI=1S/C17H16N2O/c1-12(13-7-3-2-4-8-13)18-11-15-14-9-5-6-10-16(14)19-17(15)20/h2-12,19-20H,1H3/t12-/m0/s1. The van der Waals surface area contributed by atoms with Crippen LogP contribution in [0.3, 0.4) is 0 Å². The number of nitrogens with zero attached hydrogens (tertiary/aromatic N) is 1. The summed E-state index contributed by atoms with van der Waals surface area (Å²) in [6, 6.07) is 18.0. The average Bonchev–Trinajstić information content (AvgIpc) is 2.81. The minimum atomic E-state index is 0.0595. The minimum absolute atomic E-state index is 0.0595. The summed E-state index contributed by atoms with van der Waals surface area (Å²) >= 11 is 0. The van der Waals surface area contributed by atoms with Gasteiger partial charge in [0, 0.05) is 17.1 Å². The lowest BCUT2D eigenvalue weighted by molar-refractivity contribution is 0.457. The van der Waals surface area contributed by atoms with Crippen LogP contribution in [0.1, 0.15) is 24.1 Å². The Morgan fingerprint density at radius 1 is 1.05 bits per heavy atom.